The van der Waals surface area contributed by atoms with Gasteiger partial charge in [-0.05, 0) is 17.7 Å². The van der Waals surface area contributed by atoms with E-state index in [1.165, 1.54) is 21.3 Å². The molecule has 1 aromatic rings. The predicted octanol–water partition coefficient (Wildman–Crippen LogP) is 0.462. The number of amides is 1. The summed E-state index contributed by atoms with van der Waals surface area (Å²) < 4.78 is 15.0. The smallest absolute Gasteiger partial charge is 0.334 e. The summed E-state index contributed by atoms with van der Waals surface area (Å²) in [6, 6.07) is 5.14. The maximum Gasteiger partial charge on any atom is 0.334 e. The minimum Gasteiger partial charge on any atom is -0.493 e. The Hall–Kier alpha value is -2.28. The highest BCUT2D eigenvalue weighted by Gasteiger charge is 2.17. The van der Waals surface area contributed by atoms with Gasteiger partial charge in [0.15, 0.2) is 17.6 Å². The summed E-state index contributed by atoms with van der Waals surface area (Å²) in [5.74, 6) is -0.315. The SMILES string of the molecule is COc1ccc(CC(=O)NCC(OC)C(=O)O)cc1OC. The Morgan fingerprint density at radius 2 is 1.86 bits per heavy atom. The third-order valence-corrected chi connectivity index (χ3v) is 2.86. The van der Waals surface area contributed by atoms with Crippen molar-refractivity contribution in [1.82, 2.24) is 5.32 Å². The van der Waals surface area contributed by atoms with Gasteiger partial charge in [0.05, 0.1) is 27.2 Å². The Labute approximate surface area is 122 Å². The molecular formula is C14H19NO6. The molecular weight excluding hydrogens is 278 g/mol. The van der Waals surface area contributed by atoms with Gasteiger partial charge >= 0.3 is 5.97 Å². The molecule has 0 aliphatic carbocycles. The Morgan fingerprint density at radius 3 is 2.38 bits per heavy atom. The summed E-state index contributed by atoms with van der Waals surface area (Å²) in [5.41, 5.74) is 0.731. The molecule has 0 fully saturated rings. The fraction of sp³-hybridized carbons (Fsp3) is 0.429. The number of benzene rings is 1. The van der Waals surface area contributed by atoms with Crippen molar-refractivity contribution in [1.29, 1.82) is 0 Å². The number of ether oxygens (including phenoxy) is 3. The molecule has 1 rings (SSSR count). The molecule has 7 nitrogen and oxygen atoms in total. The number of nitrogens with one attached hydrogen (secondary N) is 1. The number of carboxylic acid groups (broad SMARTS) is 1. The second kappa shape index (κ2) is 8.11. The number of rotatable bonds is 8. The molecule has 0 aliphatic rings. The number of hydrogen-bond donors (Lipinski definition) is 2. The van der Waals surface area contributed by atoms with Crippen molar-refractivity contribution in [3.63, 3.8) is 0 Å². The lowest BCUT2D eigenvalue weighted by atomic mass is 10.1. The van der Waals surface area contributed by atoms with Crippen LogP contribution in [0.25, 0.3) is 0 Å². The Morgan fingerprint density at radius 1 is 1.19 bits per heavy atom. The summed E-state index contributed by atoms with van der Waals surface area (Å²) in [5, 5.41) is 11.3. The molecule has 0 saturated carbocycles. The zero-order valence-corrected chi connectivity index (χ0v) is 12.2. The van der Waals surface area contributed by atoms with E-state index in [-0.39, 0.29) is 18.9 Å². The number of carbonyl (C=O) groups excluding carboxylic acids is 1. The molecule has 0 heterocycles. The molecule has 1 aromatic carbocycles. The molecule has 1 unspecified atom stereocenters. The lowest BCUT2D eigenvalue weighted by Crippen LogP contribution is -2.38. The Kier molecular flexibility index (Phi) is 6.48. The normalized spacial score (nSPS) is 11.6. The second-order valence-corrected chi connectivity index (χ2v) is 4.23. The van der Waals surface area contributed by atoms with Crippen molar-refractivity contribution >= 4 is 11.9 Å². The highest BCUT2D eigenvalue weighted by Crippen LogP contribution is 2.27. The summed E-state index contributed by atoms with van der Waals surface area (Å²) in [6.07, 6.45) is -0.949. The molecule has 1 amide bonds. The number of carbonyl (C=O) groups is 2. The minimum absolute atomic E-state index is 0.0854. The molecule has 2 N–H and O–H groups in total. The van der Waals surface area contributed by atoms with Crippen molar-refractivity contribution < 1.29 is 28.9 Å². The number of aliphatic carboxylic acids is 1. The molecule has 0 spiro atoms. The van der Waals surface area contributed by atoms with Gasteiger partial charge in [0.25, 0.3) is 0 Å². The van der Waals surface area contributed by atoms with E-state index in [1.54, 1.807) is 18.2 Å². The lowest BCUT2D eigenvalue weighted by molar-refractivity contribution is -0.148. The maximum absolute atomic E-state index is 11.8. The quantitative estimate of drug-likeness (QED) is 0.724. The third-order valence-electron chi connectivity index (χ3n) is 2.86. The summed E-state index contributed by atoms with van der Waals surface area (Å²) in [7, 11) is 4.32. The highest BCUT2D eigenvalue weighted by atomic mass is 16.5. The highest BCUT2D eigenvalue weighted by molar-refractivity contribution is 5.80. The molecule has 0 aromatic heterocycles. The van der Waals surface area contributed by atoms with Gasteiger partial charge in [-0.15, -0.1) is 0 Å². The Bertz CT molecular complexity index is 502. The van der Waals surface area contributed by atoms with Gasteiger partial charge in [-0.3, -0.25) is 4.79 Å². The average molecular weight is 297 g/mol. The van der Waals surface area contributed by atoms with Crippen molar-refractivity contribution in [3.05, 3.63) is 23.8 Å². The van der Waals surface area contributed by atoms with Gasteiger partial charge in [0, 0.05) is 7.11 Å². The van der Waals surface area contributed by atoms with E-state index >= 15 is 0 Å². The summed E-state index contributed by atoms with van der Waals surface area (Å²) in [4.78, 5) is 22.5. The van der Waals surface area contributed by atoms with Crippen molar-refractivity contribution in [2.75, 3.05) is 27.9 Å². The van der Waals surface area contributed by atoms with Crippen LogP contribution in [0.15, 0.2) is 18.2 Å². The van der Waals surface area contributed by atoms with Crippen molar-refractivity contribution in [2.24, 2.45) is 0 Å². The van der Waals surface area contributed by atoms with Gasteiger partial charge < -0.3 is 24.6 Å². The zero-order chi connectivity index (χ0) is 15.8. The largest absolute Gasteiger partial charge is 0.493 e. The van der Waals surface area contributed by atoms with Gasteiger partial charge in [-0.1, -0.05) is 6.07 Å². The van der Waals surface area contributed by atoms with Crippen molar-refractivity contribution in [3.8, 4) is 11.5 Å². The van der Waals surface area contributed by atoms with E-state index in [0.717, 1.165) is 5.56 Å². The topological polar surface area (TPSA) is 94.1 Å². The molecule has 116 valence electrons. The molecule has 0 bridgehead atoms. The van der Waals surface area contributed by atoms with E-state index in [9.17, 15) is 9.59 Å². The summed E-state index contributed by atoms with van der Waals surface area (Å²) in [6.45, 7) is -0.0854. The van der Waals surface area contributed by atoms with E-state index in [0.29, 0.717) is 11.5 Å². The number of methoxy groups -OCH3 is 3. The van der Waals surface area contributed by atoms with Gasteiger partial charge in [0.2, 0.25) is 5.91 Å². The molecule has 1 atom stereocenters. The van der Waals surface area contributed by atoms with E-state index in [1.807, 2.05) is 0 Å². The van der Waals surface area contributed by atoms with Crippen LogP contribution < -0.4 is 14.8 Å². The first-order chi connectivity index (χ1) is 10.0. The van der Waals surface area contributed by atoms with Gasteiger partial charge in [-0.2, -0.15) is 0 Å². The van der Waals surface area contributed by atoms with Crippen LogP contribution in [-0.4, -0.2) is 51.0 Å². The lowest BCUT2D eigenvalue weighted by Gasteiger charge is -2.12. The number of carboxylic acids is 1. The van der Waals surface area contributed by atoms with Gasteiger partial charge in [-0.25, -0.2) is 4.79 Å². The predicted molar refractivity (Wildman–Crippen MR) is 74.7 cm³/mol. The fourth-order valence-corrected chi connectivity index (χ4v) is 1.72. The zero-order valence-electron chi connectivity index (χ0n) is 12.2. The van der Waals surface area contributed by atoms with Crippen LogP contribution in [0, 0.1) is 0 Å². The van der Waals surface area contributed by atoms with Crippen LogP contribution in [0.2, 0.25) is 0 Å². The van der Waals surface area contributed by atoms with Gasteiger partial charge in [0.1, 0.15) is 0 Å². The first-order valence-corrected chi connectivity index (χ1v) is 6.25. The fourth-order valence-electron chi connectivity index (χ4n) is 1.72. The molecule has 0 aliphatic heterocycles. The van der Waals surface area contributed by atoms with Crippen LogP contribution in [0.5, 0.6) is 11.5 Å². The average Bonchev–Trinajstić information content (AvgIpc) is 2.47. The van der Waals surface area contributed by atoms with Crippen LogP contribution in [0.1, 0.15) is 5.56 Å². The Balaban J connectivity index is 2.60. The van der Waals surface area contributed by atoms with E-state index in [2.05, 4.69) is 5.32 Å². The summed E-state index contributed by atoms with van der Waals surface area (Å²) >= 11 is 0. The van der Waals surface area contributed by atoms with E-state index in [4.69, 9.17) is 19.3 Å². The van der Waals surface area contributed by atoms with Crippen LogP contribution in [0.4, 0.5) is 0 Å². The molecule has 0 radical (unpaired) electrons. The van der Waals surface area contributed by atoms with Crippen LogP contribution in [-0.2, 0) is 20.7 Å². The van der Waals surface area contributed by atoms with Crippen molar-refractivity contribution in [2.45, 2.75) is 12.5 Å². The first kappa shape index (κ1) is 16.8. The molecule has 21 heavy (non-hydrogen) atoms. The first-order valence-electron chi connectivity index (χ1n) is 6.25. The monoisotopic (exact) mass is 297 g/mol. The van der Waals surface area contributed by atoms with Crippen LogP contribution in [0.3, 0.4) is 0 Å². The van der Waals surface area contributed by atoms with Crippen LogP contribution >= 0.6 is 0 Å². The third kappa shape index (κ3) is 4.96. The number of hydrogen-bond acceptors (Lipinski definition) is 5. The maximum atomic E-state index is 11.8. The minimum atomic E-state index is -1.12. The molecule has 0 saturated heterocycles. The second-order valence-electron chi connectivity index (χ2n) is 4.23. The molecule has 7 heteroatoms. The van der Waals surface area contributed by atoms with E-state index < -0.39 is 12.1 Å². The standard InChI is InChI=1S/C14H19NO6/c1-19-10-5-4-9(6-11(10)20-2)7-13(16)15-8-12(21-3)14(17)18/h4-6,12H,7-8H2,1-3H3,(H,15,16)(H,17,18).